The molecule has 0 saturated heterocycles. The van der Waals surface area contributed by atoms with Gasteiger partial charge in [-0.05, 0) is 19.3 Å². The Morgan fingerprint density at radius 1 is 0.576 bits per heavy atom. The van der Waals surface area contributed by atoms with Gasteiger partial charge in [0.25, 0.3) is 0 Å². The SMILES string of the molecule is C=CCCCCCCC(Br)CC(F)(F)C(F)(F)C(F)(F)C(F)(F)C(F)(F)C(F)(F)C(F)(F)F. The molecule has 0 spiro atoms. The van der Waals surface area contributed by atoms with Gasteiger partial charge in [-0.3, -0.25) is 0 Å². The lowest BCUT2D eigenvalue weighted by Crippen LogP contribution is -2.72. The highest BCUT2D eigenvalue weighted by Gasteiger charge is 2.93. The maximum Gasteiger partial charge on any atom is 0.460 e. The second kappa shape index (κ2) is 10.4. The summed E-state index contributed by atoms with van der Waals surface area (Å²) in [5, 5.41) is 0. The predicted molar refractivity (Wildman–Crippen MR) is 91.0 cm³/mol. The second-order valence-corrected chi connectivity index (χ2v) is 8.45. The fourth-order valence-corrected chi connectivity index (χ4v) is 3.25. The van der Waals surface area contributed by atoms with Gasteiger partial charge in [0.05, 0.1) is 0 Å². The second-order valence-electron chi connectivity index (χ2n) is 7.16. The molecule has 0 aromatic rings. The number of allylic oxidation sites excluding steroid dienone is 1. The van der Waals surface area contributed by atoms with Crippen molar-refractivity contribution in [3.63, 3.8) is 0 Å². The lowest BCUT2D eigenvalue weighted by molar-refractivity contribution is -0.452. The Balaban J connectivity index is 5.74. The van der Waals surface area contributed by atoms with Gasteiger partial charge in [-0.2, -0.15) is 65.9 Å². The molecule has 0 aliphatic carbocycles. The van der Waals surface area contributed by atoms with Crippen molar-refractivity contribution >= 4 is 15.9 Å². The first-order chi connectivity index (χ1) is 14.5. The van der Waals surface area contributed by atoms with E-state index in [4.69, 9.17) is 0 Å². The fourth-order valence-electron chi connectivity index (χ4n) is 2.52. The summed E-state index contributed by atoms with van der Waals surface area (Å²) in [6.45, 7) is 3.43. The van der Waals surface area contributed by atoms with Crippen LogP contribution in [0.25, 0.3) is 0 Å². The third-order valence-corrected chi connectivity index (χ3v) is 5.33. The summed E-state index contributed by atoms with van der Waals surface area (Å²) >= 11 is 2.42. The molecule has 0 amide bonds. The molecule has 0 fully saturated rings. The monoisotopic (exact) mass is 586 g/mol. The normalized spacial score (nSPS) is 16.1. The van der Waals surface area contributed by atoms with Crippen LogP contribution in [0.4, 0.5) is 65.9 Å². The molecule has 0 aliphatic rings. The summed E-state index contributed by atoms with van der Waals surface area (Å²) < 4.78 is 197. The Bertz CT molecular complexity index is 639. The molecule has 0 aromatic heterocycles. The largest absolute Gasteiger partial charge is 0.460 e. The predicted octanol–water partition coefficient (Wildman–Crippen LogP) is 9.04. The van der Waals surface area contributed by atoms with E-state index in [-0.39, 0.29) is 12.8 Å². The maximum atomic E-state index is 13.8. The van der Waals surface area contributed by atoms with Crippen molar-refractivity contribution in [3.05, 3.63) is 12.7 Å². The molecule has 0 bridgehead atoms. The zero-order chi connectivity index (χ0) is 26.7. The minimum absolute atomic E-state index is 0.0666. The molecule has 1 atom stereocenters. The molecule has 0 N–H and O–H groups in total. The smallest absolute Gasteiger partial charge is 0.200 e. The number of hydrogen-bond donors (Lipinski definition) is 0. The average molecular weight is 587 g/mol. The Labute approximate surface area is 186 Å². The van der Waals surface area contributed by atoms with Gasteiger partial charge in [-0.1, -0.05) is 41.3 Å². The Morgan fingerprint density at radius 3 is 1.39 bits per heavy atom. The molecule has 1 unspecified atom stereocenters. The molecule has 0 saturated carbocycles. The van der Waals surface area contributed by atoms with E-state index < -0.39 is 53.0 Å². The van der Waals surface area contributed by atoms with Crippen LogP contribution in [0.15, 0.2) is 12.7 Å². The van der Waals surface area contributed by atoms with Crippen molar-refractivity contribution in [2.24, 2.45) is 0 Å². The number of alkyl halides is 16. The highest BCUT2D eigenvalue weighted by Crippen LogP contribution is 2.62. The van der Waals surface area contributed by atoms with Crippen LogP contribution in [-0.2, 0) is 0 Å². The standard InChI is InChI=1S/C17H18BrF15/c1-2-3-4-5-6-7-8-10(18)9-11(19,20)12(21,22)13(23,24)14(25,26)15(27,28)16(29,30)17(31,32)33/h2,10H,1,3-9H2. The van der Waals surface area contributed by atoms with Crippen LogP contribution < -0.4 is 0 Å². The quantitative estimate of drug-likeness (QED) is 0.0824. The highest BCUT2D eigenvalue weighted by molar-refractivity contribution is 9.09. The molecule has 0 aliphatic heterocycles. The van der Waals surface area contributed by atoms with E-state index in [1.165, 1.54) is 0 Å². The summed E-state index contributed by atoms with van der Waals surface area (Å²) in [7, 11) is 0. The van der Waals surface area contributed by atoms with Gasteiger partial charge in [-0.25, -0.2) is 0 Å². The average Bonchev–Trinajstić information content (AvgIpc) is 2.62. The van der Waals surface area contributed by atoms with Gasteiger partial charge < -0.3 is 0 Å². The van der Waals surface area contributed by atoms with Gasteiger partial charge in [0, 0.05) is 11.2 Å². The van der Waals surface area contributed by atoms with E-state index in [2.05, 4.69) is 22.5 Å². The van der Waals surface area contributed by atoms with Crippen molar-refractivity contribution in [2.45, 2.75) is 91.5 Å². The first kappa shape index (κ1) is 32.2. The van der Waals surface area contributed by atoms with Gasteiger partial charge in [0.1, 0.15) is 0 Å². The van der Waals surface area contributed by atoms with Crippen LogP contribution in [0.3, 0.4) is 0 Å². The molecule has 33 heavy (non-hydrogen) atoms. The van der Waals surface area contributed by atoms with E-state index in [1.54, 1.807) is 6.08 Å². The number of hydrogen-bond acceptors (Lipinski definition) is 0. The number of rotatable bonds is 14. The van der Waals surface area contributed by atoms with Crippen LogP contribution >= 0.6 is 15.9 Å². The zero-order valence-corrected chi connectivity index (χ0v) is 17.9. The molecule has 0 nitrogen and oxygen atoms in total. The fraction of sp³-hybridized carbons (Fsp3) is 0.882. The van der Waals surface area contributed by atoms with Crippen molar-refractivity contribution in [1.29, 1.82) is 0 Å². The summed E-state index contributed by atoms with van der Waals surface area (Å²) in [6, 6.07) is 0. The minimum Gasteiger partial charge on any atom is -0.200 e. The molecular weight excluding hydrogens is 569 g/mol. The zero-order valence-electron chi connectivity index (χ0n) is 16.4. The van der Waals surface area contributed by atoms with Crippen molar-refractivity contribution in [2.75, 3.05) is 0 Å². The van der Waals surface area contributed by atoms with Crippen molar-refractivity contribution in [1.82, 2.24) is 0 Å². The lowest BCUT2D eigenvalue weighted by atomic mass is 9.89. The van der Waals surface area contributed by atoms with E-state index in [9.17, 15) is 65.9 Å². The van der Waals surface area contributed by atoms with Crippen molar-refractivity contribution in [3.8, 4) is 0 Å². The minimum atomic E-state index is -8.24. The van der Waals surface area contributed by atoms with Gasteiger partial charge in [0.15, 0.2) is 0 Å². The van der Waals surface area contributed by atoms with Crippen LogP contribution in [0.2, 0.25) is 0 Å². The lowest BCUT2D eigenvalue weighted by Gasteiger charge is -2.41. The van der Waals surface area contributed by atoms with Crippen LogP contribution in [-0.4, -0.2) is 46.5 Å². The molecule has 198 valence electrons. The summed E-state index contributed by atoms with van der Waals surface area (Å²) in [5.41, 5.74) is 0. The number of halogens is 16. The van der Waals surface area contributed by atoms with Crippen LogP contribution in [0.5, 0.6) is 0 Å². The third kappa shape index (κ3) is 6.06. The van der Waals surface area contributed by atoms with Gasteiger partial charge in [-0.15, -0.1) is 6.58 Å². The Morgan fingerprint density at radius 2 is 0.970 bits per heavy atom. The summed E-state index contributed by atoms with van der Waals surface area (Å²) in [5.74, 6) is -46.1. The first-order valence-electron chi connectivity index (χ1n) is 9.04. The highest BCUT2D eigenvalue weighted by atomic mass is 79.9. The van der Waals surface area contributed by atoms with Crippen LogP contribution in [0, 0.1) is 0 Å². The Kier molecular flexibility index (Phi) is 10.2. The van der Waals surface area contributed by atoms with Gasteiger partial charge in [0.2, 0.25) is 0 Å². The van der Waals surface area contributed by atoms with E-state index in [0.29, 0.717) is 25.7 Å². The third-order valence-electron chi connectivity index (χ3n) is 4.55. The van der Waals surface area contributed by atoms with Gasteiger partial charge >= 0.3 is 41.7 Å². The van der Waals surface area contributed by atoms with Crippen molar-refractivity contribution < 1.29 is 65.9 Å². The van der Waals surface area contributed by atoms with Crippen LogP contribution in [0.1, 0.15) is 44.9 Å². The van der Waals surface area contributed by atoms with E-state index >= 15 is 0 Å². The maximum absolute atomic E-state index is 13.8. The van der Waals surface area contributed by atoms with E-state index in [1.807, 2.05) is 0 Å². The molecule has 0 heterocycles. The molecule has 0 aromatic carbocycles. The molecule has 0 rings (SSSR count). The molecular formula is C17H18BrF15. The summed E-state index contributed by atoms with van der Waals surface area (Å²) in [4.78, 5) is -1.74. The van der Waals surface area contributed by atoms with E-state index in [0.717, 1.165) is 0 Å². The Hall–Kier alpha value is -0.830. The first-order valence-corrected chi connectivity index (χ1v) is 9.96. The molecule has 0 radical (unpaired) electrons. The summed E-state index contributed by atoms with van der Waals surface area (Å²) in [6.07, 6.45) is -6.57. The molecule has 16 heteroatoms. The topological polar surface area (TPSA) is 0 Å². The number of unbranched alkanes of at least 4 members (excludes halogenated alkanes) is 4.